The highest BCUT2D eigenvalue weighted by atomic mass is 16.6. The third kappa shape index (κ3) is 53.6. The molecule has 0 radical (unpaired) electrons. The Morgan fingerprint density at radius 1 is 0.290 bits per heavy atom. The first-order valence-corrected chi connectivity index (χ1v) is 26.6. The van der Waals surface area contributed by atoms with Gasteiger partial charge in [-0.3, -0.25) is 14.4 Å². The van der Waals surface area contributed by atoms with Crippen molar-refractivity contribution in [2.45, 2.75) is 194 Å². The lowest BCUT2D eigenvalue weighted by molar-refractivity contribution is -0.166. The highest BCUT2D eigenvalue weighted by Crippen LogP contribution is 2.11. The first-order chi connectivity index (χ1) is 34.0. The fourth-order valence-corrected chi connectivity index (χ4v) is 6.34. The molecule has 6 heteroatoms. The van der Waals surface area contributed by atoms with Gasteiger partial charge in [-0.2, -0.15) is 0 Å². The molecule has 0 spiro atoms. The van der Waals surface area contributed by atoms with E-state index in [2.05, 4.69) is 179 Å². The summed E-state index contributed by atoms with van der Waals surface area (Å²) in [6.07, 6.45) is 82.1. The number of hydrogen-bond donors (Lipinski definition) is 0. The maximum Gasteiger partial charge on any atom is 0.306 e. The molecule has 0 aromatic heterocycles. The van der Waals surface area contributed by atoms with Crippen LogP contribution in [0.15, 0.2) is 170 Å². The lowest BCUT2D eigenvalue weighted by Crippen LogP contribution is -2.30. The van der Waals surface area contributed by atoms with E-state index in [0.29, 0.717) is 19.3 Å². The second-order valence-electron chi connectivity index (χ2n) is 16.6. The average molecular weight is 947 g/mol. The molecule has 382 valence electrons. The van der Waals surface area contributed by atoms with Gasteiger partial charge < -0.3 is 14.2 Å². The smallest absolute Gasteiger partial charge is 0.306 e. The van der Waals surface area contributed by atoms with Crippen molar-refractivity contribution in [3.8, 4) is 0 Å². The Labute approximate surface area is 422 Å². The highest BCUT2D eigenvalue weighted by Gasteiger charge is 2.19. The number of unbranched alkanes of at least 4 members (excludes halogenated alkanes) is 6. The Balaban J connectivity index is 4.66. The Morgan fingerprint density at radius 3 is 0.942 bits per heavy atom. The molecule has 0 heterocycles. The molecule has 6 nitrogen and oxygen atoms in total. The lowest BCUT2D eigenvalue weighted by atomic mass is 10.1. The largest absolute Gasteiger partial charge is 0.462 e. The van der Waals surface area contributed by atoms with Gasteiger partial charge in [0, 0.05) is 19.3 Å². The molecule has 0 saturated carbocycles. The molecule has 0 fully saturated rings. The minimum Gasteiger partial charge on any atom is -0.462 e. The van der Waals surface area contributed by atoms with Crippen LogP contribution in [0.4, 0.5) is 0 Å². The second kappa shape index (κ2) is 55.4. The summed E-state index contributed by atoms with van der Waals surface area (Å²) in [6, 6.07) is 0. The number of allylic oxidation sites excluding steroid dienone is 28. The van der Waals surface area contributed by atoms with Gasteiger partial charge in [-0.1, -0.05) is 210 Å². The number of carbonyl (C=O) groups excluding carboxylic acids is 3. The van der Waals surface area contributed by atoms with E-state index in [4.69, 9.17) is 14.2 Å². The topological polar surface area (TPSA) is 78.9 Å². The number of carbonyl (C=O) groups is 3. The van der Waals surface area contributed by atoms with Crippen LogP contribution in [0.25, 0.3) is 0 Å². The molecular formula is C63H94O6. The van der Waals surface area contributed by atoms with E-state index in [-0.39, 0.29) is 38.0 Å². The number of esters is 3. The summed E-state index contributed by atoms with van der Waals surface area (Å²) in [6.45, 7) is 6.14. The summed E-state index contributed by atoms with van der Waals surface area (Å²) in [7, 11) is 0. The Kier molecular flexibility index (Phi) is 51.2. The third-order valence-corrected chi connectivity index (χ3v) is 10.2. The quantitative estimate of drug-likeness (QED) is 0.0262. The van der Waals surface area contributed by atoms with E-state index in [1.165, 1.54) is 0 Å². The first kappa shape index (κ1) is 63.8. The van der Waals surface area contributed by atoms with Crippen LogP contribution in [0.1, 0.15) is 188 Å². The van der Waals surface area contributed by atoms with Crippen LogP contribution in [0.3, 0.4) is 0 Å². The minimum atomic E-state index is -0.855. The summed E-state index contributed by atoms with van der Waals surface area (Å²) in [5, 5.41) is 0. The fraction of sp³-hybridized carbons (Fsp3) is 0.508. The number of rotatable bonds is 45. The molecule has 69 heavy (non-hydrogen) atoms. The highest BCUT2D eigenvalue weighted by molar-refractivity contribution is 5.71. The molecule has 0 N–H and O–H groups in total. The van der Waals surface area contributed by atoms with Crippen LogP contribution in [-0.2, 0) is 28.6 Å². The van der Waals surface area contributed by atoms with Crippen molar-refractivity contribution in [2.75, 3.05) is 13.2 Å². The zero-order valence-electron chi connectivity index (χ0n) is 43.5. The van der Waals surface area contributed by atoms with E-state index in [9.17, 15) is 14.4 Å². The predicted molar refractivity (Wildman–Crippen MR) is 297 cm³/mol. The van der Waals surface area contributed by atoms with Crippen LogP contribution in [0, 0.1) is 0 Å². The Hall–Kier alpha value is -5.23. The molecule has 0 amide bonds. The van der Waals surface area contributed by atoms with Gasteiger partial charge in [0.2, 0.25) is 0 Å². The maximum atomic E-state index is 12.8. The van der Waals surface area contributed by atoms with Crippen LogP contribution < -0.4 is 0 Å². The molecule has 1 atom stereocenters. The summed E-state index contributed by atoms with van der Waals surface area (Å²) in [4.78, 5) is 38.0. The normalized spacial score (nSPS) is 13.5. The van der Waals surface area contributed by atoms with Crippen LogP contribution in [-0.4, -0.2) is 37.2 Å². The average Bonchev–Trinajstić information content (AvgIpc) is 3.35. The van der Waals surface area contributed by atoms with Crippen molar-refractivity contribution in [1.82, 2.24) is 0 Å². The van der Waals surface area contributed by atoms with Crippen molar-refractivity contribution < 1.29 is 28.6 Å². The van der Waals surface area contributed by atoms with Crippen molar-refractivity contribution in [3.63, 3.8) is 0 Å². The van der Waals surface area contributed by atoms with Crippen molar-refractivity contribution in [3.05, 3.63) is 170 Å². The standard InChI is InChI=1S/C63H94O6/c1-4-7-10-13-16-19-22-25-28-30-31-33-35-38-41-44-47-50-53-56-62(65)68-59-60(58-67-61(64)55-52-49-46-43-40-37-34-27-24-21-18-15-12-9-6-3)69-63(66)57-54-51-48-45-42-39-36-32-29-26-23-20-17-14-11-8-5-2/h7-12,16-21,25-29,31,33-34,36,38-39,41,45,47-48,50,60H,4-6,13-15,22-24,30,32,35,37,40,42-44,46,49,51-59H2,1-3H3/b10-7-,11-8-,12-9-,19-16-,20-17-,21-18-,28-25-,29-26-,33-31-,34-27-,39-36-,41-38-,48-45-,50-47-/t60-/m0/s1. The number of ether oxygens (including phenoxy) is 3. The molecule has 0 aliphatic carbocycles. The van der Waals surface area contributed by atoms with Crippen LogP contribution >= 0.6 is 0 Å². The van der Waals surface area contributed by atoms with Gasteiger partial charge >= 0.3 is 17.9 Å². The molecule has 0 saturated heterocycles. The lowest BCUT2D eigenvalue weighted by Gasteiger charge is -2.18. The van der Waals surface area contributed by atoms with E-state index >= 15 is 0 Å². The van der Waals surface area contributed by atoms with Gasteiger partial charge in [0.25, 0.3) is 0 Å². The van der Waals surface area contributed by atoms with Crippen LogP contribution in [0.5, 0.6) is 0 Å². The minimum absolute atomic E-state index is 0.142. The molecule has 0 rings (SSSR count). The Morgan fingerprint density at radius 2 is 0.565 bits per heavy atom. The molecule has 0 bridgehead atoms. The van der Waals surface area contributed by atoms with E-state index in [0.717, 1.165) is 135 Å². The summed E-state index contributed by atoms with van der Waals surface area (Å²) in [5.74, 6) is -1.12. The summed E-state index contributed by atoms with van der Waals surface area (Å²) in [5.41, 5.74) is 0. The first-order valence-electron chi connectivity index (χ1n) is 26.6. The monoisotopic (exact) mass is 947 g/mol. The van der Waals surface area contributed by atoms with Gasteiger partial charge in [-0.15, -0.1) is 0 Å². The van der Waals surface area contributed by atoms with Gasteiger partial charge in [-0.25, -0.2) is 0 Å². The second-order valence-corrected chi connectivity index (χ2v) is 16.6. The molecule has 0 aliphatic heterocycles. The van der Waals surface area contributed by atoms with Gasteiger partial charge in [0.1, 0.15) is 13.2 Å². The summed E-state index contributed by atoms with van der Waals surface area (Å²) < 4.78 is 16.7. The summed E-state index contributed by atoms with van der Waals surface area (Å²) >= 11 is 0. The van der Waals surface area contributed by atoms with E-state index < -0.39 is 12.1 Å². The van der Waals surface area contributed by atoms with E-state index in [1.54, 1.807) is 0 Å². The van der Waals surface area contributed by atoms with Crippen molar-refractivity contribution in [1.29, 1.82) is 0 Å². The molecule has 0 aromatic carbocycles. The van der Waals surface area contributed by atoms with Gasteiger partial charge in [0.15, 0.2) is 6.10 Å². The van der Waals surface area contributed by atoms with Crippen molar-refractivity contribution in [2.24, 2.45) is 0 Å². The van der Waals surface area contributed by atoms with Gasteiger partial charge in [0.05, 0.1) is 0 Å². The predicted octanol–water partition coefficient (Wildman–Crippen LogP) is 18.0. The zero-order valence-corrected chi connectivity index (χ0v) is 43.5. The molecular weight excluding hydrogens is 853 g/mol. The molecule has 0 aromatic rings. The fourth-order valence-electron chi connectivity index (χ4n) is 6.34. The third-order valence-electron chi connectivity index (χ3n) is 10.2. The Bertz CT molecular complexity index is 1650. The van der Waals surface area contributed by atoms with Gasteiger partial charge in [-0.05, 0) is 128 Å². The molecule has 0 aliphatic rings. The number of hydrogen-bond acceptors (Lipinski definition) is 6. The maximum absolute atomic E-state index is 12.8. The van der Waals surface area contributed by atoms with Crippen molar-refractivity contribution >= 4 is 17.9 Å². The van der Waals surface area contributed by atoms with E-state index in [1.807, 2.05) is 12.2 Å². The van der Waals surface area contributed by atoms with Crippen LogP contribution in [0.2, 0.25) is 0 Å². The molecule has 0 unspecified atom stereocenters. The SMILES string of the molecule is CC/C=C\C/C=C\C/C=C\C/C=C\C/C=C\C/C=C\CCC(=O)OC[C@H](COC(=O)CCCCCCC/C=C\C/C=C\C/C=C\CC)OC(=O)CCC/C=C\C/C=C\C/C=C\C/C=C\C/C=C\CC. The zero-order chi connectivity index (χ0) is 50.0.